The van der Waals surface area contributed by atoms with Gasteiger partial charge >= 0.3 is 0 Å². The molecule has 0 aliphatic rings. The van der Waals surface area contributed by atoms with Crippen molar-refractivity contribution in [3.05, 3.63) is 66.2 Å². The zero-order valence-corrected chi connectivity index (χ0v) is 15.1. The summed E-state index contributed by atoms with van der Waals surface area (Å²) >= 11 is 0. The van der Waals surface area contributed by atoms with E-state index in [-0.39, 0.29) is 12.5 Å². The van der Waals surface area contributed by atoms with Gasteiger partial charge in [0, 0.05) is 5.56 Å². The Kier molecular flexibility index (Phi) is 5.89. The smallest absolute Gasteiger partial charge is 0.277 e. The Labute approximate surface area is 157 Å². The Morgan fingerprint density at radius 3 is 2.59 bits per heavy atom. The lowest BCUT2D eigenvalue weighted by atomic mass is 10.1. The lowest BCUT2D eigenvalue weighted by Gasteiger charge is -2.09. The van der Waals surface area contributed by atoms with Crippen molar-refractivity contribution in [3.8, 4) is 17.2 Å². The van der Waals surface area contributed by atoms with Crippen molar-refractivity contribution in [2.24, 2.45) is 5.10 Å². The second-order valence-electron chi connectivity index (χ2n) is 5.67. The molecule has 1 amide bonds. The number of amides is 1. The van der Waals surface area contributed by atoms with E-state index in [2.05, 4.69) is 10.5 Å². The second kappa shape index (κ2) is 8.71. The van der Waals surface area contributed by atoms with Gasteiger partial charge in [0.25, 0.3) is 5.91 Å². The number of nitrogens with one attached hydrogen (secondary N) is 1. The summed E-state index contributed by atoms with van der Waals surface area (Å²) in [6.45, 7) is -0.134. The van der Waals surface area contributed by atoms with Gasteiger partial charge in [-0.2, -0.15) is 5.10 Å². The van der Waals surface area contributed by atoms with Crippen LogP contribution in [-0.4, -0.2) is 32.9 Å². The van der Waals surface area contributed by atoms with E-state index in [1.54, 1.807) is 20.3 Å². The van der Waals surface area contributed by atoms with Crippen LogP contribution >= 0.6 is 0 Å². The molecular formula is C21H20N2O4. The summed E-state index contributed by atoms with van der Waals surface area (Å²) in [6, 6.07) is 19.0. The highest BCUT2D eigenvalue weighted by atomic mass is 16.5. The SMILES string of the molecule is COc1cccc(C=NNC(=O)COc2ccc3ccccc3c2)c1OC. The first kappa shape index (κ1) is 18.3. The van der Waals surface area contributed by atoms with Crippen LogP contribution in [0.2, 0.25) is 0 Å². The Morgan fingerprint density at radius 1 is 1.00 bits per heavy atom. The number of hydrogen-bond acceptors (Lipinski definition) is 5. The molecule has 3 aromatic rings. The van der Waals surface area contributed by atoms with E-state index in [0.717, 1.165) is 10.8 Å². The molecule has 6 heteroatoms. The molecule has 0 saturated carbocycles. The van der Waals surface area contributed by atoms with Gasteiger partial charge in [0.2, 0.25) is 0 Å². The van der Waals surface area contributed by atoms with Gasteiger partial charge in [0.1, 0.15) is 5.75 Å². The van der Waals surface area contributed by atoms with E-state index >= 15 is 0 Å². The van der Waals surface area contributed by atoms with Crippen LogP contribution in [0.15, 0.2) is 65.8 Å². The number of para-hydroxylation sites is 1. The first-order chi connectivity index (χ1) is 13.2. The predicted octanol–water partition coefficient (Wildman–Crippen LogP) is 3.39. The van der Waals surface area contributed by atoms with Crippen LogP contribution in [-0.2, 0) is 4.79 Å². The maximum Gasteiger partial charge on any atom is 0.277 e. The number of benzene rings is 3. The molecule has 3 rings (SSSR count). The van der Waals surface area contributed by atoms with Gasteiger partial charge in [0.15, 0.2) is 18.1 Å². The molecule has 0 spiro atoms. The molecule has 0 heterocycles. The van der Waals surface area contributed by atoms with Crippen LogP contribution in [0.1, 0.15) is 5.56 Å². The van der Waals surface area contributed by atoms with E-state index in [1.807, 2.05) is 54.6 Å². The average molecular weight is 364 g/mol. The molecule has 6 nitrogen and oxygen atoms in total. The van der Waals surface area contributed by atoms with Crippen molar-refractivity contribution in [1.29, 1.82) is 0 Å². The van der Waals surface area contributed by atoms with Gasteiger partial charge in [0.05, 0.1) is 20.4 Å². The monoisotopic (exact) mass is 364 g/mol. The van der Waals surface area contributed by atoms with Gasteiger partial charge in [-0.05, 0) is 35.0 Å². The highest BCUT2D eigenvalue weighted by Gasteiger charge is 2.08. The number of nitrogens with zero attached hydrogens (tertiary/aromatic N) is 1. The standard InChI is InChI=1S/C21H20N2O4/c1-25-19-9-5-8-17(21(19)26-2)13-22-23-20(24)14-27-18-11-10-15-6-3-4-7-16(15)12-18/h3-13H,14H2,1-2H3,(H,23,24). The number of hydrogen-bond donors (Lipinski definition) is 1. The molecule has 1 N–H and O–H groups in total. The fourth-order valence-corrected chi connectivity index (χ4v) is 2.63. The van der Waals surface area contributed by atoms with Crippen molar-refractivity contribution < 1.29 is 19.0 Å². The number of rotatable bonds is 7. The number of carbonyl (C=O) groups excluding carboxylic acids is 1. The van der Waals surface area contributed by atoms with Gasteiger partial charge in [-0.3, -0.25) is 4.79 Å². The molecule has 0 radical (unpaired) electrons. The normalized spacial score (nSPS) is 10.7. The van der Waals surface area contributed by atoms with Crippen LogP contribution < -0.4 is 19.6 Å². The largest absolute Gasteiger partial charge is 0.493 e. The maximum atomic E-state index is 11.9. The van der Waals surface area contributed by atoms with Crippen LogP contribution in [0.3, 0.4) is 0 Å². The van der Waals surface area contributed by atoms with E-state index < -0.39 is 0 Å². The molecule has 0 unspecified atom stereocenters. The lowest BCUT2D eigenvalue weighted by molar-refractivity contribution is -0.123. The summed E-state index contributed by atoms with van der Waals surface area (Å²) in [5, 5.41) is 6.12. The summed E-state index contributed by atoms with van der Waals surface area (Å²) in [4.78, 5) is 11.9. The molecule has 0 aromatic heterocycles. The van der Waals surface area contributed by atoms with Crippen LogP contribution in [0.5, 0.6) is 17.2 Å². The second-order valence-corrected chi connectivity index (χ2v) is 5.67. The Balaban J connectivity index is 1.57. The van der Waals surface area contributed by atoms with E-state index in [1.165, 1.54) is 6.21 Å². The van der Waals surface area contributed by atoms with Gasteiger partial charge < -0.3 is 14.2 Å². The summed E-state index contributed by atoms with van der Waals surface area (Å²) < 4.78 is 16.1. The average Bonchev–Trinajstić information content (AvgIpc) is 2.71. The van der Waals surface area contributed by atoms with Crippen LogP contribution in [0.25, 0.3) is 10.8 Å². The lowest BCUT2D eigenvalue weighted by Crippen LogP contribution is -2.24. The van der Waals surface area contributed by atoms with Gasteiger partial charge in [-0.15, -0.1) is 0 Å². The quantitative estimate of drug-likeness (QED) is 0.515. The number of ether oxygens (including phenoxy) is 3. The minimum absolute atomic E-state index is 0.134. The van der Waals surface area contributed by atoms with E-state index in [0.29, 0.717) is 22.8 Å². The van der Waals surface area contributed by atoms with Crippen molar-refractivity contribution in [1.82, 2.24) is 5.43 Å². The molecule has 138 valence electrons. The van der Waals surface area contributed by atoms with Crippen molar-refractivity contribution in [2.75, 3.05) is 20.8 Å². The predicted molar refractivity (Wildman–Crippen MR) is 105 cm³/mol. The fourth-order valence-electron chi connectivity index (χ4n) is 2.63. The third-order valence-corrected chi connectivity index (χ3v) is 3.92. The van der Waals surface area contributed by atoms with Gasteiger partial charge in [-0.1, -0.05) is 36.4 Å². The Bertz CT molecular complexity index is 969. The maximum absolute atomic E-state index is 11.9. The van der Waals surface area contributed by atoms with Crippen LogP contribution in [0, 0.1) is 0 Å². The minimum atomic E-state index is -0.360. The molecule has 0 aliphatic heterocycles. The highest BCUT2D eigenvalue weighted by molar-refractivity contribution is 5.87. The number of fused-ring (bicyclic) bond motifs is 1. The van der Waals surface area contributed by atoms with E-state index in [9.17, 15) is 4.79 Å². The third-order valence-electron chi connectivity index (χ3n) is 3.92. The van der Waals surface area contributed by atoms with Crippen LogP contribution in [0.4, 0.5) is 0 Å². The zero-order valence-electron chi connectivity index (χ0n) is 15.1. The zero-order chi connectivity index (χ0) is 19.1. The first-order valence-electron chi connectivity index (χ1n) is 8.36. The topological polar surface area (TPSA) is 69.2 Å². The number of hydrazone groups is 1. The number of methoxy groups -OCH3 is 2. The molecule has 0 saturated heterocycles. The Morgan fingerprint density at radius 2 is 1.81 bits per heavy atom. The molecule has 0 bridgehead atoms. The van der Waals surface area contributed by atoms with Crippen molar-refractivity contribution >= 4 is 22.9 Å². The molecular weight excluding hydrogens is 344 g/mol. The molecule has 27 heavy (non-hydrogen) atoms. The fraction of sp³-hybridized carbons (Fsp3) is 0.143. The van der Waals surface area contributed by atoms with Gasteiger partial charge in [-0.25, -0.2) is 5.43 Å². The van der Waals surface area contributed by atoms with Crippen molar-refractivity contribution in [2.45, 2.75) is 0 Å². The highest BCUT2D eigenvalue weighted by Crippen LogP contribution is 2.29. The Hall–Kier alpha value is -3.54. The molecule has 0 atom stereocenters. The summed E-state index contributed by atoms with van der Waals surface area (Å²) in [5.74, 6) is 1.40. The molecule has 3 aromatic carbocycles. The summed E-state index contributed by atoms with van der Waals surface area (Å²) in [5.41, 5.74) is 3.12. The summed E-state index contributed by atoms with van der Waals surface area (Å²) in [6.07, 6.45) is 1.50. The van der Waals surface area contributed by atoms with Crippen molar-refractivity contribution in [3.63, 3.8) is 0 Å². The van der Waals surface area contributed by atoms with E-state index in [4.69, 9.17) is 14.2 Å². The molecule has 0 aliphatic carbocycles. The molecule has 0 fully saturated rings. The minimum Gasteiger partial charge on any atom is -0.493 e. The summed E-state index contributed by atoms with van der Waals surface area (Å²) in [7, 11) is 3.11. The number of carbonyl (C=O) groups is 1. The first-order valence-corrected chi connectivity index (χ1v) is 8.36. The third kappa shape index (κ3) is 4.55.